The van der Waals surface area contributed by atoms with Gasteiger partial charge in [-0.15, -0.1) is 0 Å². The lowest BCUT2D eigenvalue weighted by Gasteiger charge is -2.30. The number of fused-ring (bicyclic) bond motifs is 2. The molecule has 0 saturated carbocycles. The molecule has 3 aromatic rings. The zero-order valence-electron chi connectivity index (χ0n) is 15.6. The number of imidazole rings is 1. The molecule has 1 unspecified atom stereocenters. The van der Waals surface area contributed by atoms with E-state index in [1.165, 1.54) is 11.1 Å². The van der Waals surface area contributed by atoms with Crippen molar-refractivity contribution < 1.29 is 9.53 Å². The lowest BCUT2D eigenvalue weighted by atomic mass is 9.92. The van der Waals surface area contributed by atoms with Gasteiger partial charge in [-0.2, -0.15) is 0 Å². The fourth-order valence-electron chi connectivity index (χ4n) is 3.64. The summed E-state index contributed by atoms with van der Waals surface area (Å²) in [6, 6.07) is 12.1. The summed E-state index contributed by atoms with van der Waals surface area (Å²) in [5.41, 5.74) is 2.93. The van der Waals surface area contributed by atoms with Crippen LogP contribution in [0.5, 0.6) is 0 Å². The van der Waals surface area contributed by atoms with Crippen molar-refractivity contribution in [2.75, 3.05) is 0 Å². The SMILES string of the molecule is CC(C)(C)OC(=O)NC1(c2cn3ccccc3n2)Cc2ccc(Br)cc2C1. The van der Waals surface area contributed by atoms with Crippen LogP contribution >= 0.6 is 15.9 Å². The van der Waals surface area contributed by atoms with E-state index >= 15 is 0 Å². The van der Waals surface area contributed by atoms with Crippen LogP contribution in [-0.4, -0.2) is 21.1 Å². The Morgan fingerprint density at radius 1 is 1.22 bits per heavy atom. The van der Waals surface area contributed by atoms with Crippen molar-refractivity contribution in [3.8, 4) is 0 Å². The van der Waals surface area contributed by atoms with Crippen LogP contribution in [0.2, 0.25) is 0 Å². The summed E-state index contributed by atoms with van der Waals surface area (Å²) in [5, 5.41) is 3.14. The van der Waals surface area contributed by atoms with E-state index in [4.69, 9.17) is 9.72 Å². The van der Waals surface area contributed by atoms with Crippen LogP contribution in [0, 0.1) is 0 Å². The average Bonchev–Trinajstić information content (AvgIpc) is 3.14. The van der Waals surface area contributed by atoms with Gasteiger partial charge in [0, 0.05) is 29.7 Å². The van der Waals surface area contributed by atoms with E-state index in [0.717, 1.165) is 15.8 Å². The standard InChI is InChI=1S/C21H22BrN3O2/c1-20(2,3)27-19(26)24-21(11-14-7-8-16(22)10-15(14)12-21)17-13-25-9-5-4-6-18(25)23-17/h4-10,13H,11-12H2,1-3H3,(H,24,26). The maximum Gasteiger partial charge on any atom is 0.408 e. The number of pyridine rings is 1. The highest BCUT2D eigenvalue weighted by atomic mass is 79.9. The Morgan fingerprint density at radius 3 is 2.74 bits per heavy atom. The third-order valence-electron chi connectivity index (χ3n) is 4.75. The predicted molar refractivity (Wildman–Crippen MR) is 108 cm³/mol. The molecule has 0 bridgehead atoms. The molecule has 6 heteroatoms. The van der Waals surface area contributed by atoms with Gasteiger partial charge in [-0.25, -0.2) is 9.78 Å². The van der Waals surface area contributed by atoms with E-state index < -0.39 is 17.2 Å². The Morgan fingerprint density at radius 2 is 2.00 bits per heavy atom. The third kappa shape index (κ3) is 3.58. The molecule has 4 rings (SSSR count). The normalized spacial score (nSPS) is 19.1. The van der Waals surface area contributed by atoms with Crippen LogP contribution in [0.3, 0.4) is 0 Å². The van der Waals surface area contributed by atoms with E-state index in [0.29, 0.717) is 12.8 Å². The molecule has 27 heavy (non-hydrogen) atoms. The van der Waals surface area contributed by atoms with Gasteiger partial charge in [0.1, 0.15) is 11.2 Å². The van der Waals surface area contributed by atoms with Crippen molar-refractivity contribution in [1.82, 2.24) is 14.7 Å². The van der Waals surface area contributed by atoms with Crippen LogP contribution in [-0.2, 0) is 23.1 Å². The summed E-state index contributed by atoms with van der Waals surface area (Å²) in [6.07, 6.45) is 4.88. The van der Waals surface area contributed by atoms with Crippen molar-refractivity contribution in [3.63, 3.8) is 0 Å². The van der Waals surface area contributed by atoms with Gasteiger partial charge in [0.25, 0.3) is 0 Å². The van der Waals surface area contributed by atoms with E-state index in [1.54, 1.807) is 0 Å². The first-order valence-corrected chi connectivity index (χ1v) is 9.76. The van der Waals surface area contributed by atoms with Crippen LogP contribution < -0.4 is 5.32 Å². The molecule has 0 aliphatic heterocycles. The molecular weight excluding hydrogens is 406 g/mol. The summed E-state index contributed by atoms with van der Waals surface area (Å²) >= 11 is 3.55. The van der Waals surface area contributed by atoms with Gasteiger partial charge in [0.05, 0.1) is 11.2 Å². The Bertz CT molecular complexity index is 989. The largest absolute Gasteiger partial charge is 0.444 e. The van der Waals surface area contributed by atoms with Gasteiger partial charge < -0.3 is 14.5 Å². The molecule has 1 amide bonds. The number of hydrogen-bond donors (Lipinski definition) is 1. The fraction of sp³-hybridized carbons (Fsp3) is 0.333. The highest BCUT2D eigenvalue weighted by molar-refractivity contribution is 9.10. The number of benzene rings is 1. The van der Waals surface area contributed by atoms with Crippen LogP contribution in [0.25, 0.3) is 5.65 Å². The van der Waals surface area contributed by atoms with Gasteiger partial charge in [-0.3, -0.25) is 0 Å². The summed E-state index contributed by atoms with van der Waals surface area (Å²) in [7, 11) is 0. The molecule has 0 saturated heterocycles. The number of hydrogen-bond acceptors (Lipinski definition) is 3. The average molecular weight is 428 g/mol. The fourth-order valence-corrected chi connectivity index (χ4v) is 4.05. The second kappa shape index (κ2) is 6.37. The lowest BCUT2D eigenvalue weighted by Crippen LogP contribution is -2.48. The van der Waals surface area contributed by atoms with Crippen molar-refractivity contribution >= 4 is 27.7 Å². The molecule has 1 aliphatic rings. The molecule has 1 N–H and O–H groups in total. The molecule has 5 nitrogen and oxygen atoms in total. The second-order valence-electron chi connectivity index (χ2n) is 8.07. The van der Waals surface area contributed by atoms with Crippen LogP contribution in [0.15, 0.2) is 53.3 Å². The molecular formula is C21H22BrN3O2. The number of carbonyl (C=O) groups excluding carboxylic acids is 1. The number of aromatic nitrogens is 2. The number of carbonyl (C=O) groups is 1. The summed E-state index contributed by atoms with van der Waals surface area (Å²) in [6.45, 7) is 5.60. The van der Waals surface area contributed by atoms with Gasteiger partial charge in [0.15, 0.2) is 0 Å². The number of ether oxygens (including phenoxy) is 1. The van der Waals surface area contributed by atoms with Gasteiger partial charge in [0.2, 0.25) is 0 Å². The Labute approximate surface area is 166 Å². The Hall–Kier alpha value is -2.34. The third-order valence-corrected chi connectivity index (χ3v) is 5.24. The molecule has 140 valence electrons. The molecule has 1 aliphatic carbocycles. The second-order valence-corrected chi connectivity index (χ2v) is 8.98. The zero-order chi connectivity index (χ0) is 19.2. The first-order chi connectivity index (χ1) is 12.7. The van der Waals surface area contributed by atoms with Crippen LogP contribution in [0.1, 0.15) is 37.6 Å². The maximum absolute atomic E-state index is 12.6. The lowest BCUT2D eigenvalue weighted by molar-refractivity contribution is 0.0453. The summed E-state index contributed by atoms with van der Waals surface area (Å²) < 4.78 is 8.56. The highest BCUT2D eigenvalue weighted by Gasteiger charge is 2.43. The highest BCUT2D eigenvalue weighted by Crippen LogP contribution is 2.39. The monoisotopic (exact) mass is 427 g/mol. The van der Waals surface area contributed by atoms with Gasteiger partial charge in [-0.05, 0) is 56.2 Å². The Kier molecular flexibility index (Phi) is 4.26. The molecule has 0 spiro atoms. The number of rotatable bonds is 2. The molecule has 2 aromatic heterocycles. The molecule has 2 heterocycles. The van der Waals surface area contributed by atoms with Crippen molar-refractivity contribution in [2.24, 2.45) is 0 Å². The first-order valence-electron chi connectivity index (χ1n) is 8.97. The minimum atomic E-state index is -0.628. The van der Waals surface area contributed by atoms with Crippen LogP contribution in [0.4, 0.5) is 4.79 Å². The maximum atomic E-state index is 12.6. The van der Waals surface area contributed by atoms with Gasteiger partial charge in [-0.1, -0.05) is 28.1 Å². The van der Waals surface area contributed by atoms with Crippen molar-refractivity contribution in [1.29, 1.82) is 0 Å². The van der Waals surface area contributed by atoms with Gasteiger partial charge >= 0.3 is 6.09 Å². The molecule has 1 atom stereocenters. The van der Waals surface area contributed by atoms with E-state index in [2.05, 4.69) is 33.4 Å². The molecule has 0 fully saturated rings. The minimum absolute atomic E-state index is 0.425. The number of nitrogens with one attached hydrogen (secondary N) is 1. The van der Waals surface area contributed by atoms with Crippen molar-refractivity contribution in [2.45, 2.75) is 44.8 Å². The Balaban J connectivity index is 1.75. The number of nitrogens with zero attached hydrogens (tertiary/aromatic N) is 2. The number of alkyl carbamates (subject to hydrolysis) is 1. The van der Waals surface area contributed by atoms with E-state index in [9.17, 15) is 4.79 Å². The topological polar surface area (TPSA) is 55.6 Å². The number of halogens is 1. The summed E-state index contributed by atoms with van der Waals surface area (Å²) in [5.74, 6) is 0. The van der Waals surface area contributed by atoms with E-state index in [1.807, 2.05) is 61.8 Å². The predicted octanol–water partition coefficient (Wildman–Crippen LogP) is 4.62. The summed E-state index contributed by atoms with van der Waals surface area (Å²) in [4.78, 5) is 17.5. The van der Waals surface area contributed by atoms with Crippen molar-refractivity contribution in [3.05, 3.63) is 70.1 Å². The first kappa shape index (κ1) is 18.0. The molecule has 1 aromatic carbocycles. The number of amides is 1. The molecule has 0 radical (unpaired) electrons. The smallest absolute Gasteiger partial charge is 0.408 e. The minimum Gasteiger partial charge on any atom is -0.444 e. The quantitative estimate of drug-likeness (QED) is 0.649. The van der Waals surface area contributed by atoms with E-state index in [-0.39, 0.29) is 0 Å². The zero-order valence-corrected chi connectivity index (χ0v) is 17.2.